The fourth-order valence-electron chi connectivity index (χ4n) is 2.73. The molecule has 0 saturated carbocycles. The first kappa shape index (κ1) is 16.0. The van der Waals surface area contributed by atoms with Crippen LogP contribution < -0.4 is 5.32 Å². The molecule has 2 unspecified atom stereocenters. The Bertz CT molecular complexity index is 441. The third kappa shape index (κ3) is 4.55. The van der Waals surface area contributed by atoms with Gasteiger partial charge in [0.15, 0.2) is 6.10 Å². The van der Waals surface area contributed by atoms with Gasteiger partial charge < -0.3 is 10.4 Å². The van der Waals surface area contributed by atoms with Crippen LogP contribution in [0.3, 0.4) is 0 Å². The van der Waals surface area contributed by atoms with Crippen LogP contribution in [0.25, 0.3) is 0 Å². The maximum Gasteiger partial charge on any atom is 0.253 e. The van der Waals surface area contributed by atoms with Crippen molar-refractivity contribution in [1.82, 2.24) is 10.2 Å². The fourth-order valence-corrected chi connectivity index (χ4v) is 2.73. The Hall–Kier alpha value is -1.39. The van der Waals surface area contributed by atoms with Crippen LogP contribution in [0.15, 0.2) is 30.3 Å². The van der Waals surface area contributed by atoms with Crippen molar-refractivity contribution in [3.05, 3.63) is 35.9 Å². The number of amides is 1. The number of carbonyl (C=O) groups is 1. The molecule has 4 nitrogen and oxygen atoms in total. The zero-order chi connectivity index (χ0) is 15.2. The van der Waals surface area contributed by atoms with Crippen LogP contribution in [0.5, 0.6) is 0 Å². The van der Waals surface area contributed by atoms with E-state index in [0.717, 1.165) is 19.0 Å². The second kappa shape index (κ2) is 7.57. The van der Waals surface area contributed by atoms with Gasteiger partial charge in [0.25, 0.3) is 5.91 Å². The first-order valence-electron chi connectivity index (χ1n) is 7.82. The Labute approximate surface area is 127 Å². The lowest BCUT2D eigenvalue weighted by atomic mass is 9.98. The van der Waals surface area contributed by atoms with Crippen LogP contribution in [-0.2, 0) is 4.79 Å². The summed E-state index contributed by atoms with van der Waals surface area (Å²) in [6.07, 6.45) is 1.37. The maximum absolute atomic E-state index is 12.0. The highest BCUT2D eigenvalue weighted by molar-refractivity contribution is 5.81. The summed E-state index contributed by atoms with van der Waals surface area (Å²) in [6, 6.07) is 9.35. The van der Waals surface area contributed by atoms with Crippen molar-refractivity contribution in [1.29, 1.82) is 0 Å². The zero-order valence-electron chi connectivity index (χ0n) is 13.0. The number of hydrogen-bond acceptors (Lipinski definition) is 3. The molecule has 1 amide bonds. The van der Waals surface area contributed by atoms with Crippen LogP contribution in [0.1, 0.15) is 38.4 Å². The van der Waals surface area contributed by atoms with Crippen LogP contribution in [0.4, 0.5) is 0 Å². The summed E-state index contributed by atoms with van der Waals surface area (Å²) in [6.45, 7) is 7.20. The average molecular weight is 290 g/mol. The lowest BCUT2D eigenvalue weighted by Gasteiger charge is -2.35. The minimum absolute atomic E-state index is 0.310. The lowest BCUT2D eigenvalue weighted by Crippen LogP contribution is -2.46. The molecule has 21 heavy (non-hydrogen) atoms. The van der Waals surface area contributed by atoms with Gasteiger partial charge in [-0.3, -0.25) is 9.69 Å². The van der Waals surface area contributed by atoms with Gasteiger partial charge in [-0.2, -0.15) is 0 Å². The van der Waals surface area contributed by atoms with Gasteiger partial charge in [-0.1, -0.05) is 37.3 Å². The predicted molar refractivity (Wildman–Crippen MR) is 83.8 cm³/mol. The van der Waals surface area contributed by atoms with Crippen molar-refractivity contribution < 1.29 is 9.90 Å². The van der Waals surface area contributed by atoms with Crippen molar-refractivity contribution in [3.63, 3.8) is 0 Å². The second-order valence-electron chi connectivity index (χ2n) is 6.13. The molecule has 1 aliphatic rings. The summed E-state index contributed by atoms with van der Waals surface area (Å²) in [5, 5.41) is 12.9. The molecular formula is C17H26N2O2. The maximum atomic E-state index is 12.0. The molecule has 0 aromatic heterocycles. The highest BCUT2D eigenvalue weighted by atomic mass is 16.3. The summed E-state index contributed by atoms with van der Waals surface area (Å²) >= 11 is 0. The van der Waals surface area contributed by atoms with Crippen LogP contribution in [0.2, 0.25) is 0 Å². The highest BCUT2D eigenvalue weighted by Crippen LogP contribution is 2.18. The number of hydrogen-bond donors (Lipinski definition) is 2. The molecule has 1 heterocycles. The van der Waals surface area contributed by atoms with Gasteiger partial charge in [0.05, 0.1) is 0 Å². The van der Waals surface area contributed by atoms with E-state index < -0.39 is 6.10 Å². The quantitative estimate of drug-likeness (QED) is 0.871. The van der Waals surface area contributed by atoms with Crippen LogP contribution in [-0.4, -0.2) is 41.6 Å². The van der Waals surface area contributed by atoms with E-state index in [4.69, 9.17) is 0 Å². The van der Waals surface area contributed by atoms with E-state index in [0.29, 0.717) is 18.2 Å². The van der Waals surface area contributed by atoms with E-state index in [1.54, 1.807) is 12.1 Å². The Morgan fingerprint density at radius 3 is 2.57 bits per heavy atom. The second-order valence-corrected chi connectivity index (χ2v) is 6.13. The molecule has 2 N–H and O–H groups in total. The number of benzene rings is 1. The Balaban J connectivity index is 1.78. The van der Waals surface area contributed by atoms with Crippen molar-refractivity contribution in [2.45, 2.75) is 38.8 Å². The molecule has 1 fully saturated rings. The van der Waals surface area contributed by atoms with Crippen LogP contribution >= 0.6 is 0 Å². The standard InChI is InChI=1S/C17H26N2O2/c1-13-8-10-19(11-9-13)14(2)12-18-17(21)16(20)15-6-4-3-5-7-15/h3-7,13-14,16,20H,8-12H2,1-2H3,(H,18,21). The zero-order valence-corrected chi connectivity index (χ0v) is 13.0. The van der Waals surface area contributed by atoms with Crippen molar-refractivity contribution in [2.75, 3.05) is 19.6 Å². The highest BCUT2D eigenvalue weighted by Gasteiger charge is 2.22. The van der Waals surface area contributed by atoms with Gasteiger partial charge in [0, 0.05) is 12.6 Å². The number of carbonyl (C=O) groups excluding carboxylic acids is 1. The van der Waals surface area contributed by atoms with Gasteiger partial charge in [-0.15, -0.1) is 0 Å². The van der Waals surface area contributed by atoms with E-state index in [9.17, 15) is 9.90 Å². The minimum Gasteiger partial charge on any atom is -0.378 e. The summed E-state index contributed by atoms with van der Waals surface area (Å²) in [7, 11) is 0. The van der Waals surface area contributed by atoms with Gasteiger partial charge in [-0.25, -0.2) is 0 Å². The van der Waals surface area contributed by atoms with Crippen molar-refractivity contribution in [2.24, 2.45) is 5.92 Å². The molecule has 116 valence electrons. The Kier molecular flexibility index (Phi) is 5.76. The number of nitrogens with zero attached hydrogens (tertiary/aromatic N) is 1. The predicted octanol–water partition coefficient (Wildman–Crippen LogP) is 1.96. The molecule has 1 saturated heterocycles. The van der Waals surface area contributed by atoms with E-state index in [1.165, 1.54) is 12.8 Å². The molecule has 0 radical (unpaired) electrons. The molecule has 1 aromatic rings. The van der Waals surface area contributed by atoms with Gasteiger partial charge in [-0.05, 0) is 44.3 Å². The Morgan fingerprint density at radius 2 is 1.95 bits per heavy atom. The number of aliphatic hydroxyl groups excluding tert-OH is 1. The number of nitrogens with one attached hydrogen (secondary N) is 1. The van der Waals surface area contributed by atoms with E-state index in [-0.39, 0.29) is 5.91 Å². The third-order valence-corrected chi connectivity index (χ3v) is 4.38. The normalized spacial score (nSPS) is 20.0. The van der Waals surface area contributed by atoms with E-state index >= 15 is 0 Å². The summed E-state index contributed by atoms with van der Waals surface area (Å²) in [5.41, 5.74) is 0.634. The summed E-state index contributed by atoms with van der Waals surface area (Å²) in [4.78, 5) is 14.4. The number of aliphatic hydroxyl groups is 1. The third-order valence-electron chi connectivity index (χ3n) is 4.38. The molecule has 0 aliphatic carbocycles. The SMILES string of the molecule is CC1CCN(C(C)CNC(=O)C(O)c2ccccc2)CC1. The number of piperidine rings is 1. The van der Waals surface area contributed by atoms with Crippen molar-refractivity contribution in [3.8, 4) is 0 Å². The van der Waals surface area contributed by atoms with Gasteiger partial charge in [0.2, 0.25) is 0 Å². The smallest absolute Gasteiger partial charge is 0.253 e. The fraction of sp³-hybridized carbons (Fsp3) is 0.588. The first-order valence-corrected chi connectivity index (χ1v) is 7.82. The summed E-state index contributed by atoms with van der Waals surface area (Å²) < 4.78 is 0. The molecule has 0 bridgehead atoms. The van der Waals surface area contributed by atoms with E-state index in [1.807, 2.05) is 18.2 Å². The molecule has 0 spiro atoms. The molecule has 2 atom stereocenters. The van der Waals surface area contributed by atoms with Gasteiger partial charge in [0.1, 0.15) is 0 Å². The Morgan fingerprint density at radius 1 is 1.33 bits per heavy atom. The number of rotatable bonds is 5. The minimum atomic E-state index is -1.08. The monoisotopic (exact) mass is 290 g/mol. The largest absolute Gasteiger partial charge is 0.378 e. The van der Waals surface area contributed by atoms with Crippen molar-refractivity contribution >= 4 is 5.91 Å². The number of likely N-dealkylation sites (tertiary alicyclic amines) is 1. The molecule has 1 aliphatic heterocycles. The van der Waals surface area contributed by atoms with Crippen LogP contribution in [0, 0.1) is 5.92 Å². The molecule has 2 rings (SSSR count). The molecule has 1 aromatic carbocycles. The summed E-state index contributed by atoms with van der Waals surface area (Å²) in [5.74, 6) is 0.487. The average Bonchev–Trinajstić information content (AvgIpc) is 2.53. The van der Waals surface area contributed by atoms with E-state index in [2.05, 4.69) is 24.1 Å². The molecule has 4 heteroatoms. The lowest BCUT2D eigenvalue weighted by molar-refractivity contribution is -0.129. The first-order chi connectivity index (χ1) is 10.1. The molecular weight excluding hydrogens is 264 g/mol. The van der Waals surface area contributed by atoms with Gasteiger partial charge >= 0.3 is 0 Å². The topological polar surface area (TPSA) is 52.6 Å².